The minimum absolute atomic E-state index is 0.00421. The summed E-state index contributed by atoms with van der Waals surface area (Å²) < 4.78 is 22.4. The molecule has 0 saturated carbocycles. The second kappa shape index (κ2) is 12.7. The molecule has 1 aromatic heterocycles. The highest BCUT2D eigenvalue weighted by Crippen LogP contribution is 2.45. The van der Waals surface area contributed by atoms with Gasteiger partial charge in [-0.15, -0.1) is 0 Å². The van der Waals surface area contributed by atoms with Crippen LogP contribution in [0.2, 0.25) is 0 Å². The number of nitrogens with zero attached hydrogens (tertiary/aromatic N) is 2. The topological polar surface area (TPSA) is 124 Å². The molecule has 45 heavy (non-hydrogen) atoms. The number of fused-ring (bicyclic) bond motifs is 1. The van der Waals surface area contributed by atoms with Crippen LogP contribution in [0.25, 0.3) is 5.76 Å². The number of aliphatic hydroxyl groups is 1. The summed E-state index contributed by atoms with van der Waals surface area (Å²) in [5.41, 5.74) is 1.98. The average Bonchev–Trinajstić information content (AvgIpc) is 3.58. The van der Waals surface area contributed by atoms with Crippen LogP contribution >= 0.6 is 11.3 Å². The number of hydrogen-bond acceptors (Lipinski definition) is 10. The molecule has 3 aromatic carbocycles. The van der Waals surface area contributed by atoms with Gasteiger partial charge in [-0.1, -0.05) is 66.5 Å². The molecule has 6 rings (SSSR count). The van der Waals surface area contributed by atoms with E-state index in [1.54, 1.807) is 49.4 Å². The van der Waals surface area contributed by atoms with E-state index in [1.807, 2.05) is 30.3 Å². The Morgan fingerprint density at radius 1 is 1.07 bits per heavy atom. The van der Waals surface area contributed by atoms with E-state index in [2.05, 4.69) is 11.6 Å². The fourth-order valence-corrected chi connectivity index (χ4v) is 6.04. The van der Waals surface area contributed by atoms with Crippen molar-refractivity contribution in [3.05, 3.63) is 118 Å². The number of Topliss-reactive ketones (excluding diaryl/α,β-unsaturated/α-hetero) is 1. The lowest BCUT2D eigenvalue weighted by molar-refractivity contribution is -0.132. The lowest BCUT2D eigenvalue weighted by Gasteiger charge is -2.23. The molecule has 11 heteroatoms. The number of carbonyl (C=O) groups excluding carboxylic acids is 3. The molecule has 2 aliphatic heterocycles. The Morgan fingerprint density at radius 3 is 2.53 bits per heavy atom. The Hall–Kier alpha value is -5.42. The van der Waals surface area contributed by atoms with Crippen LogP contribution < -0.4 is 19.1 Å². The summed E-state index contributed by atoms with van der Waals surface area (Å²) in [4.78, 5) is 45.8. The van der Waals surface area contributed by atoms with Gasteiger partial charge in [0.1, 0.15) is 42.8 Å². The highest BCUT2D eigenvalue weighted by molar-refractivity contribution is 7.17. The number of carbonyl (C=O) groups is 3. The van der Waals surface area contributed by atoms with Gasteiger partial charge in [-0.05, 0) is 48.4 Å². The smallest absolute Gasteiger partial charge is 0.350 e. The van der Waals surface area contributed by atoms with Gasteiger partial charge < -0.3 is 24.1 Å². The van der Waals surface area contributed by atoms with Crippen molar-refractivity contribution in [1.82, 2.24) is 4.98 Å². The fourth-order valence-electron chi connectivity index (χ4n) is 5.05. The third-order valence-electron chi connectivity index (χ3n) is 7.21. The zero-order valence-corrected chi connectivity index (χ0v) is 25.0. The lowest BCUT2D eigenvalue weighted by atomic mass is 9.95. The number of rotatable bonds is 9. The molecule has 0 radical (unpaired) electrons. The molecule has 1 N–H and O–H groups in total. The molecule has 4 aromatic rings. The maximum absolute atomic E-state index is 13.7. The van der Waals surface area contributed by atoms with Crippen molar-refractivity contribution in [3.8, 4) is 17.2 Å². The monoisotopic (exact) mass is 624 g/mol. The predicted octanol–water partition coefficient (Wildman–Crippen LogP) is 5.77. The van der Waals surface area contributed by atoms with E-state index in [-0.39, 0.29) is 33.5 Å². The number of esters is 1. The molecular formula is C34H28N2O8S. The number of anilines is 1. The van der Waals surface area contributed by atoms with E-state index in [1.165, 1.54) is 11.0 Å². The van der Waals surface area contributed by atoms with Crippen molar-refractivity contribution in [2.24, 2.45) is 0 Å². The van der Waals surface area contributed by atoms with Crippen LogP contribution in [0.15, 0.2) is 91.0 Å². The summed E-state index contributed by atoms with van der Waals surface area (Å²) in [6.45, 7) is 6.25. The molecule has 1 unspecified atom stereocenters. The van der Waals surface area contributed by atoms with Crippen LogP contribution in [0.4, 0.5) is 5.13 Å². The van der Waals surface area contributed by atoms with Crippen LogP contribution in [0.3, 0.4) is 0 Å². The van der Waals surface area contributed by atoms with Crippen molar-refractivity contribution in [2.45, 2.75) is 19.6 Å². The third kappa shape index (κ3) is 5.89. The molecule has 1 saturated heterocycles. The van der Waals surface area contributed by atoms with Gasteiger partial charge in [0.05, 0.1) is 17.3 Å². The van der Waals surface area contributed by atoms with Gasteiger partial charge in [-0.2, -0.15) is 0 Å². The Kier molecular flexibility index (Phi) is 8.35. The van der Waals surface area contributed by atoms with Crippen molar-refractivity contribution in [1.29, 1.82) is 0 Å². The second-order valence-corrected chi connectivity index (χ2v) is 11.1. The quantitative estimate of drug-likeness (QED) is 0.0812. The third-order valence-corrected chi connectivity index (χ3v) is 8.35. The van der Waals surface area contributed by atoms with E-state index in [4.69, 9.17) is 18.9 Å². The molecule has 1 fully saturated rings. The van der Waals surface area contributed by atoms with Crippen LogP contribution in [0.1, 0.15) is 38.1 Å². The molecule has 228 valence electrons. The predicted molar refractivity (Wildman–Crippen MR) is 167 cm³/mol. The van der Waals surface area contributed by atoms with E-state index in [0.717, 1.165) is 16.9 Å². The Morgan fingerprint density at radius 2 is 1.80 bits per heavy atom. The number of ketones is 1. The zero-order valence-electron chi connectivity index (χ0n) is 24.2. The first-order valence-electron chi connectivity index (χ1n) is 14.1. The number of ether oxygens (including phenoxy) is 4. The molecule has 2 aliphatic rings. The summed E-state index contributed by atoms with van der Waals surface area (Å²) in [6.07, 6.45) is 1.44. The molecular weight excluding hydrogens is 596 g/mol. The molecule has 0 bridgehead atoms. The number of aryl methyl sites for hydroxylation is 1. The van der Waals surface area contributed by atoms with Crippen LogP contribution in [-0.4, -0.2) is 47.6 Å². The van der Waals surface area contributed by atoms with Gasteiger partial charge in [0.15, 0.2) is 16.6 Å². The highest BCUT2D eigenvalue weighted by atomic mass is 32.1. The summed E-state index contributed by atoms with van der Waals surface area (Å²) in [7, 11) is 0. The molecule has 0 aliphatic carbocycles. The minimum atomic E-state index is -1.07. The maximum Gasteiger partial charge on any atom is 0.350 e. The minimum Gasteiger partial charge on any atom is -0.507 e. The van der Waals surface area contributed by atoms with Crippen molar-refractivity contribution < 1.29 is 38.4 Å². The average molecular weight is 625 g/mol. The Labute approximate surface area is 262 Å². The Balaban J connectivity index is 1.41. The number of aromatic nitrogens is 1. The number of hydrogen-bond donors (Lipinski definition) is 1. The Bertz CT molecular complexity index is 1810. The SMILES string of the molecule is C=CCOC(=O)c1sc(N2C(=O)C(=O)C(=C(O)c3ccc4c(c3)OCCO4)C2c2ccc(OCc3ccccc3)cc2)nc1C. The van der Waals surface area contributed by atoms with Gasteiger partial charge in [0.25, 0.3) is 5.78 Å². The van der Waals surface area contributed by atoms with Crippen LogP contribution in [0.5, 0.6) is 17.2 Å². The van der Waals surface area contributed by atoms with Gasteiger partial charge in [0.2, 0.25) is 0 Å². The van der Waals surface area contributed by atoms with Crippen molar-refractivity contribution >= 4 is 39.9 Å². The largest absolute Gasteiger partial charge is 0.507 e. The van der Waals surface area contributed by atoms with E-state index < -0.39 is 23.7 Å². The molecule has 0 spiro atoms. The first kappa shape index (κ1) is 29.6. The zero-order chi connectivity index (χ0) is 31.5. The fraction of sp³-hybridized carbons (Fsp3) is 0.176. The summed E-state index contributed by atoms with van der Waals surface area (Å²) in [5.74, 6) is -1.32. The second-order valence-electron chi connectivity index (χ2n) is 10.2. The van der Waals surface area contributed by atoms with Gasteiger partial charge in [-0.25, -0.2) is 9.78 Å². The van der Waals surface area contributed by atoms with Crippen LogP contribution in [0, 0.1) is 6.92 Å². The summed E-state index contributed by atoms with van der Waals surface area (Å²) >= 11 is 0.924. The van der Waals surface area contributed by atoms with Crippen LogP contribution in [-0.2, 0) is 20.9 Å². The van der Waals surface area contributed by atoms with Crippen molar-refractivity contribution in [2.75, 3.05) is 24.7 Å². The molecule has 10 nitrogen and oxygen atoms in total. The number of benzene rings is 3. The van der Waals surface area contributed by atoms with E-state index >= 15 is 0 Å². The molecule has 1 atom stereocenters. The van der Waals surface area contributed by atoms with Gasteiger partial charge in [-0.3, -0.25) is 14.5 Å². The van der Waals surface area contributed by atoms with Gasteiger partial charge >= 0.3 is 11.9 Å². The normalized spacial score (nSPS) is 16.8. The van der Waals surface area contributed by atoms with Gasteiger partial charge in [0, 0.05) is 5.56 Å². The molecule has 3 heterocycles. The standard InChI is InChI=1S/C34H28N2O8S/c1-3-15-43-33(40)31-20(2)35-34(45-31)36-28(22-9-12-24(13-10-22)44-19-21-7-5-4-6-8-21)27(30(38)32(36)39)29(37)23-11-14-25-26(18-23)42-17-16-41-25/h3-14,18,28,37H,1,15-17,19H2,2H3. The first-order chi connectivity index (χ1) is 21.9. The number of thiazole rings is 1. The first-order valence-corrected chi connectivity index (χ1v) is 14.9. The van der Waals surface area contributed by atoms with Crippen molar-refractivity contribution in [3.63, 3.8) is 0 Å². The summed E-state index contributed by atoms with van der Waals surface area (Å²) in [5, 5.41) is 11.7. The summed E-state index contributed by atoms with van der Waals surface area (Å²) in [6, 6.07) is 20.3. The number of amides is 1. The highest BCUT2D eigenvalue weighted by Gasteiger charge is 2.48. The maximum atomic E-state index is 13.7. The molecule has 1 amide bonds. The van der Waals surface area contributed by atoms with E-state index in [0.29, 0.717) is 48.3 Å². The number of aliphatic hydroxyl groups excluding tert-OH is 1. The van der Waals surface area contributed by atoms with E-state index in [9.17, 15) is 19.5 Å². The lowest BCUT2D eigenvalue weighted by Crippen LogP contribution is -2.29.